The third-order valence-corrected chi connectivity index (χ3v) is 3.06. The fourth-order valence-electron chi connectivity index (χ4n) is 2.00. The van der Waals surface area contributed by atoms with Crippen molar-refractivity contribution in [2.24, 2.45) is 11.3 Å². The molecule has 0 radical (unpaired) electrons. The second-order valence-electron chi connectivity index (χ2n) is 3.76. The smallest absolute Gasteiger partial charge is 0.160 e. The van der Waals surface area contributed by atoms with E-state index in [1.165, 1.54) is 0 Å². The molecule has 0 spiro atoms. The van der Waals surface area contributed by atoms with E-state index in [1.54, 1.807) is 0 Å². The van der Waals surface area contributed by atoms with Gasteiger partial charge in [-0.1, -0.05) is 19.1 Å². The molecule has 0 aromatic rings. The van der Waals surface area contributed by atoms with Gasteiger partial charge in [-0.15, -0.1) is 0 Å². The van der Waals surface area contributed by atoms with Crippen LogP contribution in [-0.4, -0.2) is 18.0 Å². The molecule has 3 atom stereocenters. The van der Waals surface area contributed by atoms with E-state index in [-0.39, 0.29) is 5.41 Å². The van der Waals surface area contributed by atoms with Crippen LogP contribution >= 0.6 is 0 Å². The van der Waals surface area contributed by atoms with E-state index in [1.807, 2.05) is 0 Å². The minimum atomic E-state index is -0.544. The van der Waals surface area contributed by atoms with Gasteiger partial charge in [-0.3, -0.25) is 0 Å². The van der Waals surface area contributed by atoms with Crippen molar-refractivity contribution < 1.29 is 9.84 Å². The second-order valence-corrected chi connectivity index (χ2v) is 3.76. The van der Waals surface area contributed by atoms with Crippen LogP contribution in [-0.2, 0) is 4.74 Å². The van der Waals surface area contributed by atoms with Crippen LogP contribution in [0.25, 0.3) is 0 Å². The van der Waals surface area contributed by atoms with Gasteiger partial charge in [-0.05, 0) is 12.8 Å². The van der Waals surface area contributed by atoms with E-state index in [0.29, 0.717) is 12.5 Å². The maximum atomic E-state index is 9.53. The summed E-state index contributed by atoms with van der Waals surface area (Å²) >= 11 is 0. The molecule has 2 aliphatic rings. The lowest BCUT2D eigenvalue weighted by Gasteiger charge is -2.32. The molecule has 0 bridgehead atoms. The molecule has 3 unspecified atom stereocenters. The molecule has 0 amide bonds. The lowest BCUT2D eigenvalue weighted by atomic mass is 9.72. The summed E-state index contributed by atoms with van der Waals surface area (Å²) in [5, 5.41) is 9.53. The van der Waals surface area contributed by atoms with Crippen LogP contribution in [0, 0.1) is 11.3 Å². The Morgan fingerprint density at radius 3 is 3.18 bits per heavy atom. The average Bonchev–Trinajstić information content (AvgIpc) is 2.29. The maximum Gasteiger partial charge on any atom is 0.160 e. The van der Waals surface area contributed by atoms with Crippen molar-refractivity contribution in [3.63, 3.8) is 0 Å². The number of aliphatic hydroxyl groups is 1. The van der Waals surface area contributed by atoms with Gasteiger partial charge < -0.3 is 9.84 Å². The molecule has 62 valence electrons. The van der Waals surface area contributed by atoms with E-state index >= 15 is 0 Å². The van der Waals surface area contributed by atoms with Gasteiger partial charge in [-0.25, -0.2) is 0 Å². The van der Waals surface area contributed by atoms with Crippen LogP contribution in [0.3, 0.4) is 0 Å². The largest absolute Gasteiger partial charge is 0.367 e. The number of rotatable bonds is 0. The minimum absolute atomic E-state index is 0.00521. The Morgan fingerprint density at radius 1 is 1.64 bits per heavy atom. The Hall–Kier alpha value is -0.340. The molecule has 2 heteroatoms. The molecule has 1 aliphatic heterocycles. The van der Waals surface area contributed by atoms with E-state index in [9.17, 15) is 5.11 Å². The molecule has 11 heavy (non-hydrogen) atoms. The number of hydrogen-bond acceptors (Lipinski definition) is 2. The van der Waals surface area contributed by atoms with Crippen LogP contribution < -0.4 is 0 Å². The topological polar surface area (TPSA) is 29.5 Å². The number of fused-ring (bicyclic) bond motifs is 1. The molecule has 1 saturated heterocycles. The first-order valence-electron chi connectivity index (χ1n) is 4.20. The zero-order chi connectivity index (χ0) is 7.90. The lowest BCUT2D eigenvalue weighted by Crippen LogP contribution is -2.33. The van der Waals surface area contributed by atoms with Crippen LogP contribution in [0.15, 0.2) is 12.2 Å². The summed E-state index contributed by atoms with van der Waals surface area (Å²) in [5.41, 5.74) is -0.00521. The van der Waals surface area contributed by atoms with Crippen LogP contribution in [0.4, 0.5) is 0 Å². The lowest BCUT2D eigenvalue weighted by molar-refractivity contribution is -0.116. The highest BCUT2D eigenvalue weighted by atomic mass is 16.6. The van der Waals surface area contributed by atoms with E-state index < -0.39 is 6.29 Å². The first-order chi connectivity index (χ1) is 5.23. The monoisotopic (exact) mass is 154 g/mol. The van der Waals surface area contributed by atoms with Crippen molar-refractivity contribution in [2.45, 2.75) is 26.1 Å². The molecule has 1 N–H and O–H groups in total. The summed E-state index contributed by atoms with van der Waals surface area (Å²) in [6.45, 7) is 2.80. The molecule has 1 fully saturated rings. The van der Waals surface area contributed by atoms with E-state index in [0.717, 1.165) is 12.8 Å². The molecule has 2 rings (SSSR count). The van der Waals surface area contributed by atoms with Crippen molar-refractivity contribution in [3.8, 4) is 0 Å². The van der Waals surface area contributed by atoms with Gasteiger partial charge in [0.25, 0.3) is 0 Å². The summed E-state index contributed by atoms with van der Waals surface area (Å²) in [6, 6.07) is 0. The first-order valence-corrected chi connectivity index (χ1v) is 4.20. The van der Waals surface area contributed by atoms with Crippen molar-refractivity contribution in [3.05, 3.63) is 12.2 Å². The van der Waals surface area contributed by atoms with Crippen molar-refractivity contribution in [1.29, 1.82) is 0 Å². The van der Waals surface area contributed by atoms with Crippen molar-refractivity contribution in [1.82, 2.24) is 0 Å². The average molecular weight is 154 g/mol. The van der Waals surface area contributed by atoms with Crippen LogP contribution in [0.5, 0.6) is 0 Å². The first kappa shape index (κ1) is 7.32. The third kappa shape index (κ3) is 0.932. The molecular formula is C9H14O2. The van der Waals surface area contributed by atoms with Crippen molar-refractivity contribution >= 4 is 0 Å². The normalized spacial score (nSPS) is 49.3. The van der Waals surface area contributed by atoms with Gasteiger partial charge in [0.1, 0.15) is 0 Å². The number of ether oxygens (including phenoxy) is 1. The SMILES string of the molecule is CC12CCC=CC1COC2O. The molecule has 0 aromatic heterocycles. The predicted octanol–water partition coefficient (Wildman–Crippen LogP) is 1.31. The summed E-state index contributed by atoms with van der Waals surface area (Å²) < 4.78 is 5.21. The Labute approximate surface area is 66.9 Å². The molecule has 1 aliphatic carbocycles. The molecule has 0 aromatic carbocycles. The summed E-state index contributed by atoms with van der Waals surface area (Å²) in [5.74, 6) is 0.436. The summed E-state index contributed by atoms with van der Waals surface area (Å²) in [7, 11) is 0. The number of allylic oxidation sites excluding steroid dienone is 1. The quantitative estimate of drug-likeness (QED) is 0.533. The standard InChI is InChI=1S/C9H14O2/c1-9-5-3-2-4-7(9)6-11-8(9)10/h2,4,7-8,10H,3,5-6H2,1H3. The highest BCUT2D eigenvalue weighted by molar-refractivity contribution is 5.06. The number of aliphatic hydroxyl groups excluding tert-OH is 1. The van der Waals surface area contributed by atoms with E-state index in [4.69, 9.17) is 4.74 Å². The Balaban J connectivity index is 2.26. The highest BCUT2D eigenvalue weighted by Crippen LogP contribution is 2.45. The van der Waals surface area contributed by atoms with Crippen LogP contribution in [0.2, 0.25) is 0 Å². The Bertz CT molecular complexity index is 188. The zero-order valence-electron chi connectivity index (χ0n) is 6.79. The van der Waals surface area contributed by atoms with E-state index in [2.05, 4.69) is 19.1 Å². The van der Waals surface area contributed by atoms with Gasteiger partial charge in [-0.2, -0.15) is 0 Å². The van der Waals surface area contributed by atoms with Gasteiger partial charge in [0.2, 0.25) is 0 Å². The van der Waals surface area contributed by atoms with Crippen LogP contribution in [0.1, 0.15) is 19.8 Å². The summed E-state index contributed by atoms with van der Waals surface area (Å²) in [6.07, 6.45) is 5.95. The zero-order valence-corrected chi connectivity index (χ0v) is 6.79. The molecule has 1 heterocycles. The van der Waals surface area contributed by atoms with Gasteiger partial charge in [0.15, 0.2) is 6.29 Å². The third-order valence-electron chi connectivity index (χ3n) is 3.06. The molecular weight excluding hydrogens is 140 g/mol. The Kier molecular flexibility index (Phi) is 1.55. The maximum absolute atomic E-state index is 9.53. The van der Waals surface area contributed by atoms with Gasteiger partial charge >= 0.3 is 0 Å². The predicted molar refractivity (Wildman–Crippen MR) is 41.9 cm³/mol. The van der Waals surface area contributed by atoms with Crippen molar-refractivity contribution in [2.75, 3.05) is 6.61 Å². The molecule has 0 saturated carbocycles. The fraction of sp³-hybridized carbons (Fsp3) is 0.778. The Morgan fingerprint density at radius 2 is 2.45 bits per heavy atom. The van der Waals surface area contributed by atoms with Gasteiger partial charge in [0, 0.05) is 11.3 Å². The highest BCUT2D eigenvalue weighted by Gasteiger charge is 2.46. The second kappa shape index (κ2) is 2.32. The molecule has 2 nitrogen and oxygen atoms in total. The minimum Gasteiger partial charge on any atom is -0.367 e. The number of hydrogen-bond donors (Lipinski definition) is 1. The fourth-order valence-corrected chi connectivity index (χ4v) is 2.00. The summed E-state index contributed by atoms with van der Waals surface area (Å²) in [4.78, 5) is 0. The van der Waals surface area contributed by atoms with Gasteiger partial charge in [0.05, 0.1) is 6.61 Å².